The standard InChI is InChI=1S/C25H20N2O4/c1-30-21-12-8-17(9-13-21)15-22(27-25(29)23-7-4-14-31-23)24(28)26-20-11-10-18-5-2-3-6-19(18)16-20/h2-16H,1H3,(H,26,28)(H,27,29)/b22-15+. The molecule has 0 saturated carbocycles. The molecule has 4 rings (SSSR count). The molecule has 1 heterocycles. The number of ether oxygens (including phenoxy) is 1. The van der Waals surface area contributed by atoms with E-state index in [1.807, 2.05) is 42.5 Å². The topological polar surface area (TPSA) is 80.6 Å². The van der Waals surface area contributed by atoms with Crippen molar-refractivity contribution in [3.8, 4) is 5.75 Å². The number of hydrogen-bond donors (Lipinski definition) is 2. The van der Waals surface area contributed by atoms with Crippen LogP contribution >= 0.6 is 0 Å². The molecule has 0 fully saturated rings. The normalized spacial score (nSPS) is 11.2. The molecule has 0 bridgehead atoms. The molecular weight excluding hydrogens is 392 g/mol. The smallest absolute Gasteiger partial charge is 0.291 e. The van der Waals surface area contributed by atoms with Gasteiger partial charge in [-0.15, -0.1) is 0 Å². The van der Waals surface area contributed by atoms with E-state index in [4.69, 9.17) is 9.15 Å². The van der Waals surface area contributed by atoms with Crippen LogP contribution in [0.15, 0.2) is 95.2 Å². The van der Waals surface area contributed by atoms with Gasteiger partial charge < -0.3 is 19.8 Å². The van der Waals surface area contributed by atoms with Gasteiger partial charge in [0.2, 0.25) is 0 Å². The number of nitrogens with one attached hydrogen (secondary N) is 2. The zero-order chi connectivity index (χ0) is 21.6. The first-order chi connectivity index (χ1) is 15.1. The highest BCUT2D eigenvalue weighted by molar-refractivity contribution is 6.10. The number of anilines is 1. The van der Waals surface area contributed by atoms with E-state index in [-0.39, 0.29) is 11.5 Å². The average Bonchev–Trinajstić information content (AvgIpc) is 3.34. The first kappa shape index (κ1) is 20.0. The number of amides is 2. The van der Waals surface area contributed by atoms with Gasteiger partial charge >= 0.3 is 0 Å². The molecule has 0 radical (unpaired) electrons. The number of benzene rings is 3. The van der Waals surface area contributed by atoms with Crippen LogP contribution in [-0.4, -0.2) is 18.9 Å². The van der Waals surface area contributed by atoms with Crippen molar-refractivity contribution >= 4 is 34.4 Å². The summed E-state index contributed by atoms with van der Waals surface area (Å²) in [5, 5.41) is 7.56. The maximum Gasteiger partial charge on any atom is 0.291 e. The molecule has 0 aliphatic heterocycles. The minimum absolute atomic E-state index is 0.0831. The molecule has 0 atom stereocenters. The quantitative estimate of drug-likeness (QED) is 0.444. The molecule has 0 aliphatic carbocycles. The van der Waals surface area contributed by atoms with E-state index >= 15 is 0 Å². The molecule has 0 spiro atoms. The molecule has 154 valence electrons. The van der Waals surface area contributed by atoms with Gasteiger partial charge in [0.25, 0.3) is 11.8 Å². The fourth-order valence-corrected chi connectivity index (χ4v) is 3.08. The highest BCUT2D eigenvalue weighted by Gasteiger charge is 2.17. The first-order valence-electron chi connectivity index (χ1n) is 9.63. The van der Waals surface area contributed by atoms with Crippen LogP contribution in [0.1, 0.15) is 16.1 Å². The molecule has 0 unspecified atom stereocenters. The summed E-state index contributed by atoms with van der Waals surface area (Å²) in [6.45, 7) is 0. The summed E-state index contributed by atoms with van der Waals surface area (Å²) in [7, 11) is 1.58. The zero-order valence-electron chi connectivity index (χ0n) is 16.8. The van der Waals surface area contributed by atoms with Gasteiger partial charge in [0.1, 0.15) is 11.4 Å². The van der Waals surface area contributed by atoms with Crippen molar-refractivity contribution in [2.75, 3.05) is 12.4 Å². The van der Waals surface area contributed by atoms with E-state index in [0.29, 0.717) is 11.4 Å². The number of hydrogen-bond acceptors (Lipinski definition) is 4. The summed E-state index contributed by atoms with van der Waals surface area (Å²) in [4.78, 5) is 25.5. The SMILES string of the molecule is COc1ccc(/C=C(/NC(=O)c2ccco2)C(=O)Nc2ccc3ccccc3c2)cc1. The van der Waals surface area contributed by atoms with Gasteiger partial charge in [0.15, 0.2) is 5.76 Å². The largest absolute Gasteiger partial charge is 0.497 e. The van der Waals surface area contributed by atoms with Crippen molar-refractivity contribution in [2.45, 2.75) is 0 Å². The molecule has 31 heavy (non-hydrogen) atoms. The lowest BCUT2D eigenvalue weighted by Gasteiger charge is -2.11. The summed E-state index contributed by atoms with van der Waals surface area (Å²) >= 11 is 0. The molecule has 1 aromatic heterocycles. The van der Waals surface area contributed by atoms with Gasteiger partial charge in [-0.05, 0) is 58.8 Å². The van der Waals surface area contributed by atoms with Crippen LogP contribution < -0.4 is 15.4 Å². The Kier molecular flexibility index (Phi) is 5.80. The van der Waals surface area contributed by atoms with E-state index < -0.39 is 11.8 Å². The van der Waals surface area contributed by atoms with Gasteiger partial charge in [0, 0.05) is 5.69 Å². The third-order valence-corrected chi connectivity index (χ3v) is 4.67. The number of fused-ring (bicyclic) bond motifs is 1. The van der Waals surface area contributed by atoms with Crippen molar-refractivity contribution in [3.05, 3.63) is 102 Å². The third kappa shape index (κ3) is 4.82. The zero-order valence-corrected chi connectivity index (χ0v) is 16.8. The summed E-state index contributed by atoms with van der Waals surface area (Å²) in [5.74, 6) is -0.164. The Labute approximate surface area is 179 Å². The number of furan rings is 1. The second-order valence-corrected chi connectivity index (χ2v) is 6.78. The minimum Gasteiger partial charge on any atom is -0.497 e. The van der Waals surface area contributed by atoms with Crippen LogP contribution in [0.25, 0.3) is 16.8 Å². The van der Waals surface area contributed by atoms with Crippen molar-refractivity contribution in [1.29, 1.82) is 0 Å². The molecule has 0 saturated heterocycles. The summed E-state index contributed by atoms with van der Waals surface area (Å²) in [6.07, 6.45) is 2.99. The van der Waals surface area contributed by atoms with E-state index in [2.05, 4.69) is 10.6 Å². The second kappa shape index (κ2) is 9.00. The van der Waals surface area contributed by atoms with Crippen molar-refractivity contribution < 1.29 is 18.7 Å². The second-order valence-electron chi connectivity index (χ2n) is 6.78. The molecule has 6 nitrogen and oxygen atoms in total. The van der Waals surface area contributed by atoms with Gasteiger partial charge in [-0.3, -0.25) is 9.59 Å². The highest BCUT2D eigenvalue weighted by atomic mass is 16.5. The van der Waals surface area contributed by atoms with Crippen molar-refractivity contribution in [1.82, 2.24) is 5.32 Å². The van der Waals surface area contributed by atoms with Gasteiger partial charge in [0.05, 0.1) is 13.4 Å². The van der Waals surface area contributed by atoms with E-state index in [1.165, 1.54) is 12.3 Å². The monoisotopic (exact) mass is 412 g/mol. The van der Waals surface area contributed by atoms with Crippen LogP contribution in [0.4, 0.5) is 5.69 Å². The van der Waals surface area contributed by atoms with Gasteiger partial charge in [-0.25, -0.2) is 0 Å². The minimum atomic E-state index is -0.515. The first-order valence-corrected chi connectivity index (χ1v) is 9.63. The molecule has 0 aliphatic rings. The Hall–Kier alpha value is -4.32. The lowest BCUT2D eigenvalue weighted by Crippen LogP contribution is -2.30. The third-order valence-electron chi connectivity index (χ3n) is 4.67. The maximum atomic E-state index is 13.0. The van der Waals surface area contributed by atoms with Crippen LogP contribution in [0.5, 0.6) is 5.75 Å². The predicted octanol–water partition coefficient (Wildman–Crippen LogP) is 4.85. The Balaban J connectivity index is 1.61. The van der Waals surface area contributed by atoms with Gasteiger partial charge in [-0.1, -0.05) is 42.5 Å². The average molecular weight is 412 g/mol. The summed E-state index contributed by atoms with van der Waals surface area (Å²) in [5.41, 5.74) is 1.43. The summed E-state index contributed by atoms with van der Waals surface area (Å²) < 4.78 is 10.3. The van der Waals surface area contributed by atoms with Crippen LogP contribution in [0.2, 0.25) is 0 Å². The van der Waals surface area contributed by atoms with Crippen LogP contribution in [-0.2, 0) is 4.79 Å². The van der Waals surface area contributed by atoms with E-state index in [9.17, 15) is 9.59 Å². The van der Waals surface area contributed by atoms with E-state index in [0.717, 1.165) is 16.3 Å². The summed E-state index contributed by atoms with van der Waals surface area (Å²) in [6, 6.07) is 23.8. The van der Waals surface area contributed by atoms with Crippen LogP contribution in [0.3, 0.4) is 0 Å². The molecule has 2 N–H and O–H groups in total. The maximum absolute atomic E-state index is 13.0. The number of methoxy groups -OCH3 is 1. The van der Waals surface area contributed by atoms with Gasteiger partial charge in [-0.2, -0.15) is 0 Å². The number of carbonyl (C=O) groups excluding carboxylic acids is 2. The molecule has 6 heteroatoms. The lowest BCUT2D eigenvalue weighted by atomic mass is 10.1. The fourth-order valence-electron chi connectivity index (χ4n) is 3.08. The van der Waals surface area contributed by atoms with E-state index in [1.54, 1.807) is 43.5 Å². The molecule has 4 aromatic rings. The Morgan fingerprint density at radius 2 is 1.68 bits per heavy atom. The van der Waals surface area contributed by atoms with Crippen molar-refractivity contribution in [2.24, 2.45) is 0 Å². The lowest BCUT2D eigenvalue weighted by molar-refractivity contribution is -0.113. The fraction of sp³-hybridized carbons (Fsp3) is 0.0400. The molecule has 3 aromatic carbocycles. The number of rotatable bonds is 6. The highest BCUT2D eigenvalue weighted by Crippen LogP contribution is 2.20. The predicted molar refractivity (Wildman–Crippen MR) is 120 cm³/mol. The molecule has 2 amide bonds. The number of carbonyl (C=O) groups is 2. The van der Waals surface area contributed by atoms with Crippen molar-refractivity contribution in [3.63, 3.8) is 0 Å². The van der Waals surface area contributed by atoms with Crippen LogP contribution in [0, 0.1) is 0 Å². The molecular formula is C25H20N2O4. The Morgan fingerprint density at radius 1 is 0.903 bits per heavy atom. The Morgan fingerprint density at radius 3 is 2.39 bits per heavy atom. The Bertz CT molecular complexity index is 1240.